The minimum atomic E-state index is -0.0526. The van der Waals surface area contributed by atoms with E-state index in [9.17, 15) is 0 Å². The zero-order chi connectivity index (χ0) is 15.9. The van der Waals surface area contributed by atoms with Crippen LogP contribution in [0.2, 0.25) is 0 Å². The van der Waals surface area contributed by atoms with E-state index in [-0.39, 0.29) is 29.5 Å². The van der Waals surface area contributed by atoms with E-state index in [2.05, 4.69) is 44.1 Å². The molecule has 22 heavy (non-hydrogen) atoms. The van der Waals surface area contributed by atoms with Crippen LogP contribution in [0.25, 0.3) is 0 Å². The van der Waals surface area contributed by atoms with Gasteiger partial charge in [-0.2, -0.15) is 0 Å². The van der Waals surface area contributed by atoms with Crippen LogP contribution in [0.5, 0.6) is 5.75 Å². The molecule has 0 saturated heterocycles. The van der Waals surface area contributed by atoms with Crippen molar-refractivity contribution in [1.29, 1.82) is 0 Å². The van der Waals surface area contributed by atoms with Gasteiger partial charge in [0.2, 0.25) is 0 Å². The molecule has 0 aliphatic carbocycles. The molecule has 6 heteroatoms. The number of para-hydroxylation sites is 1. The smallest absolute Gasteiger partial charge is 0.188 e. The fourth-order valence-corrected chi connectivity index (χ4v) is 2.74. The summed E-state index contributed by atoms with van der Waals surface area (Å²) in [4.78, 5) is 5.57. The first-order valence-corrected chi connectivity index (χ1v) is 8.14. The number of nitrogens with zero attached hydrogens (tertiary/aromatic N) is 1. The first-order valence-electron chi connectivity index (χ1n) is 7.15. The molecule has 0 radical (unpaired) electrons. The Balaban J connectivity index is 0.00000441. The maximum absolute atomic E-state index is 5.87. The van der Waals surface area contributed by atoms with Gasteiger partial charge in [0.25, 0.3) is 0 Å². The molecule has 1 aromatic rings. The van der Waals surface area contributed by atoms with E-state index in [0.29, 0.717) is 11.9 Å². The van der Waals surface area contributed by atoms with Crippen LogP contribution in [0.3, 0.4) is 0 Å². The second kappa shape index (κ2) is 10.2. The molecule has 0 bridgehead atoms. The summed E-state index contributed by atoms with van der Waals surface area (Å²) in [5.41, 5.74) is 5.82. The van der Waals surface area contributed by atoms with Gasteiger partial charge in [0.05, 0.1) is 7.11 Å². The molecular weight excluding hydrogens is 409 g/mol. The zero-order valence-corrected chi connectivity index (χ0v) is 17.2. The van der Waals surface area contributed by atoms with Crippen molar-refractivity contribution in [2.24, 2.45) is 16.6 Å². The molecule has 0 aliphatic heterocycles. The van der Waals surface area contributed by atoms with Gasteiger partial charge in [-0.3, -0.25) is 4.99 Å². The largest absolute Gasteiger partial charge is 0.496 e. The van der Waals surface area contributed by atoms with E-state index in [0.717, 1.165) is 22.9 Å². The van der Waals surface area contributed by atoms with Crippen LogP contribution in [-0.2, 0) is 0 Å². The molecule has 0 fully saturated rings. The van der Waals surface area contributed by atoms with Crippen LogP contribution in [0.15, 0.2) is 34.2 Å². The number of ether oxygens (including phenoxy) is 1. The lowest BCUT2D eigenvalue weighted by Crippen LogP contribution is -2.45. The van der Waals surface area contributed by atoms with Gasteiger partial charge in [-0.15, -0.1) is 35.7 Å². The zero-order valence-electron chi connectivity index (χ0n) is 14.1. The number of hydrogen-bond donors (Lipinski definition) is 2. The van der Waals surface area contributed by atoms with E-state index in [1.807, 2.05) is 18.2 Å². The molecule has 1 aromatic carbocycles. The molecule has 0 amide bonds. The van der Waals surface area contributed by atoms with Gasteiger partial charge in [-0.05, 0) is 38.8 Å². The molecule has 126 valence electrons. The Labute approximate surface area is 155 Å². The normalized spacial score (nSPS) is 13.2. The van der Waals surface area contributed by atoms with Crippen molar-refractivity contribution in [3.8, 4) is 5.75 Å². The third-order valence-corrected chi connectivity index (χ3v) is 4.05. The van der Waals surface area contributed by atoms with Gasteiger partial charge in [0.1, 0.15) is 5.75 Å². The fraction of sp³-hybridized carbons (Fsp3) is 0.562. The van der Waals surface area contributed by atoms with Crippen LogP contribution in [0.1, 0.15) is 27.7 Å². The minimum absolute atomic E-state index is 0. The average molecular weight is 437 g/mol. The molecular formula is C16H28IN3OS. The lowest BCUT2D eigenvalue weighted by molar-refractivity contribution is 0.405. The standard InChI is InChI=1S/C16H27N3OS.HI/c1-12(10-18-15(17)19-16(2,3)4)11-21-14-9-7-6-8-13(14)20-5;/h6-9,12H,10-11H2,1-5H3,(H3,17,18,19);1H. The first kappa shape index (κ1) is 21.4. The Morgan fingerprint density at radius 1 is 1.36 bits per heavy atom. The van der Waals surface area contributed by atoms with E-state index in [1.54, 1.807) is 18.9 Å². The van der Waals surface area contributed by atoms with Gasteiger partial charge >= 0.3 is 0 Å². The van der Waals surface area contributed by atoms with E-state index < -0.39 is 0 Å². The first-order chi connectivity index (χ1) is 9.81. The lowest BCUT2D eigenvalue weighted by Gasteiger charge is -2.21. The summed E-state index contributed by atoms with van der Waals surface area (Å²) in [7, 11) is 1.70. The number of hydrogen-bond acceptors (Lipinski definition) is 3. The quantitative estimate of drug-likeness (QED) is 0.308. The Kier molecular flexibility index (Phi) is 9.91. The Hall–Kier alpha value is -0.630. The molecule has 0 saturated carbocycles. The summed E-state index contributed by atoms with van der Waals surface area (Å²) in [5, 5.41) is 3.17. The fourth-order valence-electron chi connectivity index (χ4n) is 1.70. The van der Waals surface area contributed by atoms with Crippen molar-refractivity contribution < 1.29 is 4.74 Å². The van der Waals surface area contributed by atoms with Crippen LogP contribution in [0.4, 0.5) is 0 Å². The number of nitrogens with two attached hydrogens (primary N) is 1. The third-order valence-electron chi connectivity index (χ3n) is 2.67. The van der Waals surface area contributed by atoms with E-state index in [1.165, 1.54) is 0 Å². The van der Waals surface area contributed by atoms with Crippen molar-refractivity contribution in [1.82, 2.24) is 5.32 Å². The van der Waals surface area contributed by atoms with Gasteiger partial charge in [-0.25, -0.2) is 0 Å². The molecule has 1 rings (SSSR count). The SMILES string of the molecule is COc1ccccc1SCC(C)CN=C(N)NC(C)(C)C.I. The highest BCUT2D eigenvalue weighted by atomic mass is 127. The maximum atomic E-state index is 5.87. The molecule has 0 aliphatic rings. The number of halogens is 1. The number of guanidine groups is 1. The summed E-state index contributed by atoms with van der Waals surface area (Å²) in [6, 6.07) is 8.07. The molecule has 1 atom stereocenters. The second-order valence-corrected chi connectivity index (χ2v) is 7.23. The van der Waals surface area contributed by atoms with Gasteiger partial charge < -0.3 is 15.8 Å². The van der Waals surface area contributed by atoms with Crippen molar-refractivity contribution in [3.05, 3.63) is 24.3 Å². The molecule has 3 N–H and O–H groups in total. The average Bonchev–Trinajstić information content (AvgIpc) is 2.41. The van der Waals surface area contributed by atoms with Crippen LogP contribution < -0.4 is 15.8 Å². The highest BCUT2D eigenvalue weighted by Crippen LogP contribution is 2.29. The van der Waals surface area contributed by atoms with Crippen LogP contribution in [-0.4, -0.2) is 30.9 Å². The number of nitrogens with one attached hydrogen (secondary N) is 1. The monoisotopic (exact) mass is 437 g/mol. The van der Waals surface area contributed by atoms with Gasteiger partial charge in [0.15, 0.2) is 5.96 Å². The predicted octanol–water partition coefficient (Wildman–Crippen LogP) is 3.74. The summed E-state index contributed by atoms with van der Waals surface area (Å²) in [6.45, 7) is 9.09. The Morgan fingerprint density at radius 3 is 2.59 bits per heavy atom. The summed E-state index contributed by atoms with van der Waals surface area (Å²) in [5.74, 6) is 2.86. The summed E-state index contributed by atoms with van der Waals surface area (Å²) in [6.07, 6.45) is 0. The molecule has 4 nitrogen and oxygen atoms in total. The Morgan fingerprint density at radius 2 is 2.00 bits per heavy atom. The van der Waals surface area contributed by atoms with Crippen molar-refractivity contribution in [2.45, 2.75) is 38.1 Å². The number of methoxy groups -OCH3 is 1. The van der Waals surface area contributed by atoms with Crippen molar-refractivity contribution in [3.63, 3.8) is 0 Å². The number of rotatable bonds is 6. The molecule has 0 spiro atoms. The number of aliphatic imine (C=N–C) groups is 1. The summed E-state index contributed by atoms with van der Waals surface area (Å²) < 4.78 is 5.35. The van der Waals surface area contributed by atoms with Crippen molar-refractivity contribution >= 4 is 41.7 Å². The summed E-state index contributed by atoms with van der Waals surface area (Å²) >= 11 is 1.79. The number of thioether (sulfide) groups is 1. The van der Waals surface area contributed by atoms with Gasteiger partial charge in [-0.1, -0.05) is 19.1 Å². The van der Waals surface area contributed by atoms with E-state index >= 15 is 0 Å². The minimum Gasteiger partial charge on any atom is -0.496 e. The molecule has 1 unspecified atom stereocenters. The molecule has 0 aromatic heterocycles. The second-order valence-electron chi connectivity index (χ2n) is 6.17. The van der Waals surface area contributed by atoms with E-state index in [4.69, 9.17) is 10.5 Å². The number of benzene rings is 1. The topological polar surface area (TPSA) is 59.6 Å². The maximum Gasteiger partial charge on any atom is 0.188 e. The van der Waals surface area contributed by atoms with Crippen LogP contribution >= 0.6 is 35.7 Å². The Bertz CT molecular complexity index is 475. The highest BCUT2D eigenvalue weighted by molar-refractivity contribution is 14.0. The highest BCUT2D eigenvalue weighted by Gasteiger charge is 2.10. The predicted molar refractivity (Wildman–Crippen MR) is 108 cm³/mol. The van der Waals surface area contributed by atoms with Crippen molar-refractivity contribution in [2.75, 3.05) is 19.4 Å². The third kappa shape index (κ3) is 8.73. The molecule has 0 heterocycles. The lowest BCUT2D eigenvalue weighted by atomic mass is 10.1. The van der Waals surface area contributed by atoms with Crippen LogP contribution in [0, 0.1) is 5.92 Å². The van der Waals surface area contributed by atoms with Gasteiger partial charge in [0, 0.05) is 22.7 Å².